The summed E-state index contributed by atoms with van der Waals surface area (Å²) >= 11 is 0. The molecule has 2 aliphatic heterocycles. The van der Waals surface area contributed by atoms with Crippen LogP contribution in [0.1, 0.15) is 420 Å². The Bertz CT molecular complexity index is 2530. The first-order valence-corrected chi connectivity index (χ1v) is 49.8. The number of esters is 4. The highest BCUT2D eigenvalue weighted by molar-refractivity contribution is 7.47. The lowest BCUT2D eigenvalue weighted by Crippen LogP contribution is -2.70. The third-order valence-electron chi connectivity index (χ3n) is 23.9. The van der Waals surface area contributed by atoms with Crippen molar-refractivity contribution in [2.45, 2.75) is 524 Å². The maximum atomic E-state index is 14.9. The zero-order valence-electron chi connectivity index (χ0n) is 74.8. The second-order valence-corrected chi connectivity index (χ2v) is 36.3. The first-order chi connectivity index (χ1) is 57.6. The van der Waals surface area contributed by atoms with Gasteiger partial charge < -0.3 is 88.7 Å². The number of hydrogen-bond acceptors (Lipinski definition) is 24. The molecule has 3 aliphatic rings. The summed E-state index contributed by atoms with van der Waals surface area (Å²) in [4.78, 5) is 66.6. The summed E-state index contributed by atoms with van der Waals surface area (Å²) in [6.45, 7) is 7.94. The van der Waals surface area contributed by atoms with E-state index >= 15 is 0 Å². The van der Waals surface area contributed by atoms with Crippen LogP contribution in [-0.2, 0) is 70.7 Å². The summed E-state index contributed by atoms with van der Waals surface area (Å²) < 4.78 is 73.6. The minimum absolute atomic E-state index is 0.0161. The molecule has 0 radical (unpaired) electrons. The zero-order valence-corrected chi connectivity index (χ0v) is 75.7. The van der Waals surface area contributed by atoms with Gasteiger partial charge in [0.25, 0.3) is 0 Å². The molecule has 10 N–H and O–H groups in total. The SMILES string of the molecule is CCCCCC/C=C\CCCCCCCCCC(=O)OC(COC(=O)CCCCCCCCCCCCCCC)COP(=O)(O)OC1C(OC2OC(CO)C(O)C(O)C2O)C(O)C(O)C(OC(=O)CCCCCCCCCCCCCCCCCC)C1OC1OC(COC(=O)CCCCCCCCC(C)CCCCCCCC)C(O)C(O)C1O. The smallest absolute Gasteiger partial charge is 0.463 e. The Balaban J connectivity index is 1.91. The molecule has 1 saturated carbocycles. The standard InChI is InChI=1S/C93H173O25P/c1-6-10-14-18-22-25-28-31-33-35-38-41-44-47-55-61-67-79(98)115-88-84(103)85(104)89(116-92-86(105)82(101)80(99)74(68-94)113-92)91(90(88)117-93-87(106)83(102)81(100)75(114-93)71-110-77(96)65-59-53-49-48-51-57-63-72(5)62-56-50-21-17-13-9-4)118-119(107,108)111-70-73(69-109-76(95)64-58-52-45-42-39-36-30-27-24-20-16-12-8-3)112-78(97)66-60-54-46-43-40-37-34-32-29-26-23-19-15-11-7-2/h26,29,72-75,80-94,99-106H,6-25,27-28,30-71H2,1-5H3,(H,107,108)/b29-26-. The number of unbranched alkanes of at least 4 members (excludes halogenated alkanes) is 48. The van der Waals surface area contributed by atoms with E-state index in [9.17, 15) is 74.6 Å². The van der Waals surface area contributed by atoms with Gasteiger partial charge in [0.05, 0.1) is 13.2 Å². The van der Waals surface area contributed by atoms with E-state index in [0.29, 0.717) is 44.4 Å². The van der Waals surface area contributed by atoms with Crippen LogP contribution in [0, 0.1) is 5.92 Å². The molecule has 0 aromatic carbocycles. The fourth-order valence-corrected chi connectivity index (χ4v) is 17.1. The Morgan fingerprint density at radius 2 is 0.681 bits per heavy atom. The topological polar surface area (TPSA) is 380 Å². The summed E-state index contributed by atoms with van der Waals surface area (Å²) in [7, 11) is -5.81. The summed E-state index contributed by atoms with van der Waals surface area (Å²) in [6, 6.07) is 0. The molecule has 25 nitrogen and oxygen atoms in total. The Hall–Kier alpha value is -2.79. The number of rotatable bonds is 78. The molecule has 2 saturated heterocycles. The average molecular weight is 1720 g/mol. The van der Waals surface area contributed by atoms with Crippen molar-refractivity contribution >= 4 is 31.7 Å². The lowest BCUT2D eigenvalue weighted by Gasteiger charge is -2.50. The number of aliphatic hydroxyl groups is 9. The van der Waals surface area contributed by atoms with E-state index in [4.69, 9.17) is 46.9 Å². The normalized spacial score (nSPS) is 25.1. The van der Waals surface area contributed by atoms with Gasteiger partial charge in [0.2, 0.25) is 0 Å². The zero-order chi connectivity index (χ0) is 86.9. The minimum Gasteiger partial charge on any atom is -0.463 e. The van der Waals surface area contributed by atoms with E-state index in [-0.39, 0.29) is 25.7 Å². The Morgan fingerprint density at radius 3 is 1.09 bits per heavy atom. The lowest BCUT2D eigenvalue weighted by molar-refractivity contribution is -0.360. The van der Waals surface area contributed by atoms with Crippen molar-refractivity contribution in [3.8, 4) is 0 Å². The average Bonchev–Trinajstić information content (AvgIpc) is 0.754. The molecule has 0 spiro atoms. The summed E-state index contributed by atoms with van der Waals surface area (Å²) in [6.07, 6.45) is 29.0. The van der Waals surface area contributed by atoms with Crippen molar-refractivity contribution in [1.29, 1.82) is 0 Å². The molecule has 19 unspecified atom stereocenters. The molecule has 2 heterocycles. The number of aliphatic hydroxyl groups excluding tert-OH is 9. The quantitative estimate of drug-likeness (QED) is 0.00889. The van der Waals surface area contributed by atoms with E-state index in [1.807, 2.05) is 0 Å². The van der Waals surface area contributed by atoms with E-state index < -0.39 is 162 Å². The molecule has 0 aromatic rings. The summed E-state index contributed by atoms with van der Waals surface area (Å²) in [5, 5.41) is 102. The van der Waals surface area contributed by atoms with E-state index in [1.165, 1.54) is 180 Å². The van der Waals surface area contributed by atoms with Gasteiger partial charge in [-0.2, -0.15) is 0 Å². The van der Waals surface area contributed by atoms with Gasteiger partial charge in [0.1, 0.15) is 92.6 Å². The highest BCUT2D eigenvalue weighted by Crippen LogP contribution is 2.49. The first-order valence-electron chi connectivity index (χ1n) is 48.3. The molecule has 26 heteroatoms. The molecule has 19 atom stereocenters. The third kappa shape index (κ3) is 51.6. The van der Waals surface area contributed by atoms with Crippen LogP contribution in [0.2, 0.25) is 0 Å². The molecule has 700 valence electrons. The fourth-order valence-electron chi connectivity index (χ4n) is 16.1. The Labute approximate surface area is 718 Å². The number of carbonyl (C=O) groups is 4. The van der Waals surface area contributed by atoms with Crippen LogP contribution in [0.4, 0.5) is 0 Å². The first kappa shape index (κ1) is 110. The minimum atomic E-state index is -5.81. The fraction of sp³-hybridized carbons (Fsp3) is 0.935. The van der Waals surface area contributed by atoms with E-state index in [2.05, 4.69) is 46.8 Å². The van der Waals surface area contributed by atoms with Crippen molar-refractivity contribution in [1.82, 2.24) is 0 Å². The number of phosphoric acid groups is 1. The van der Waals surface area contributed by atoms with Crippen molar-refractivity contribution in [2.24, 2.45) is 5.92 Å². The van der Waals surface area contributed by atoms with Crippen LogP contribution in [-0.4, -0.2) is 205 Å². The monoisotopic (exact) mass is 1720 g/mol. The molecule has 0 bridgehead atoms. The van der Waals surface area contributed by atoms with Gasteiger partial charge in [-0.25, -0.2) is 4.57 Å². The van der Waals surface area contributed by atoms with Gasteiger partial charge in [-0.1, -0.05) is 355 Å². The highest BCUT2D eigenvalue weighted by atomic mass is 31.2. The van der Waals surface area contributed by atoms with Gasteiger partial charge >= 0.3 is 31.7 Å². The maximum Gasteiger partial charge on any atom is 0.472 e. The van der Waals surface area contributed by atoms with Crippen LogP contribution in [0.5, 0.6) is 0 Å². The molecular weight excluding hydrogens is 1550 g/mol. The number of ether oxygens (including phenoxy) is 8. The highest BCUT2D eigenvalue weighted by Gasteiger charge is 2.60. The Kier molecular flexibility index (Phi) is 66.1. The van der Waals surface area contributed by atoms with Crippen molar-refractivity contribution in [2.75, 3.05) is 26.4 Å². The Morgan fingerprint density at radius 1 is 0.353 bits per heavy atom. The molecule has 119 heavy (non-hydrogen) atoms. The lowest BCUT2D eigenvalue weighted by atomic mass is 9.84. The van der Waals surface area contributed by atoms with Gasteiger partial charge in [0, 0.05) is 25.7 Å². The van der Waals surface area contributed by atoms with Gasteiger partial charge in [-0.3, -0.25) is 28.2 Å². The second-order valence-electron chi connectivity index (χ2n) is 34.9. The van der Waals surface area contributed by atoms with Gasteiger partial charge in [0.15, 0.2) is 24.8 Å². The predicted octanol–water partition coefficient (Wildman–Crippen LogP) is 18.2. The van der Waals surface area contributed by atoms with Crippen LogP contribution >= 0.6 is 7.82 Å². The largest absolute Gasteiger partial charge is 0.472 e. The molecular formula is C93H173O25P. The number of phosphoric ester groups is 1. The third-order valence-corrected chi connectivity index (χ3v) is 24.9. The van der Waals surface area contributed by atoms with Crippen LogP contribution in [0.15, 0.2) is 12.2 Å². The van der Waals surface area contributed by atoms with Crippen LogP contribution in [0.3, 0.4) is 0 Å². The maximum absolute atomic E-state index is 14.9. The van der Waals surface area contributed by atoms with Crippen molar-refractivity contribution in [3.05, 3.63) is 12.2 Å². The van der Waals surface area contributed by atoms with Crippen molar-refractivity contribution < 1.29 is 122 Å². The molecule has 0 aromatic heterocycles. The number of allylic oxidation sites excluding steroid dienone is 2. The number of carbonyl (C=O) groups excluding carboxylic acids is 4. The molecule has 3 rings (SSSR count). The van der Waals surface area contributed by atoms with E-state index in [0.717, 1.165) is 141 Å². The summed E-state index contributed by atoms with van der Waals surface area (Å²) in [5.41, 5.74) is 0. The van der Waals surface area contributed by atoms with E-state index in [1.54, 1.807) is 0 Å². The van der Waals surface area contributed by atoms with Crippen molar-refractivity contribution in [3.63, 3.8) is 0 Å². The van der Waals surface area contributed by atoms with Gasteiger partial charge in [-0.05, 0) is 57.3 Å². The second kappa shape index (κ2) is 71.3. The van der Waals surface area contributed by atoms with Gasteiger partial charge in [-0.15, -0.1) is 0 Å². The summed E-state index contributed by atoms with van der Waals surface area (Å²) in [5.74, 6) is -2.27. The van der Waals surface area contributed by atoms with Crippen LogP contribution in [0.25, 0.3) is 0 Å². The number of hydrogen-bond donors (Lipinski definition) is 10. The predicted molar refractivity (Wildman–Crippen MR) is 463 cm³/mol. The molecule has 3 fully saturated rings. The molecule has 0 amide bonds. The molecule has 1 aliphatic carbocycles. The van der Waals surface area contributed by atoms with Crippen LogP contribution < -0.4 is 0 Å².